The Labute approximate surface area is 108 Å². The summed E-state index contributed by atoms with van der Waals surface area (Å²) in [5.41, 5.74) is 0.337. The first-order valence-corrected chi connectivity index (χ1v) is 5.90. The molecular formula is C13H11ClF3N. The first-order valence-electron chi connectivity index (χ1n) is 5.52. The predicted molar refractivity (Wildman–Crippen MR) is 65.2 cm³/mol. The minimum atomic E-state index is -1.26. The van der Waals surface area contributed by atoms with Crippen LogP contribution in [0.1, 0.15) is 19.5 Å². The number of rotatable bonds is 2. The molecule has 0 saturated carbocycles. The van der Waals surface area contributed by atoms with E-state index in [1.807, 2.05) is 13.8 Å². The summed E-state index contributed by atoms with van der Waals surface area (Å²) in [5.74, 6) is -3.03. The summed E-state index contributed by atoms with van der Waals surface area (Å²) in [4.78, 5) is 4.01. The summed E-state index contributed by atoms with van der Waals surface area (Å²) < 4.78 is 40.3. The Balaban J connectivity index is 2.73. The molecule has 0 aliphatic carbocycles. The van der Waals surface area contributed by atoms with Crippen LogP contribution in [0.2, 0.25) is 5.02 Å². The molecule has 0 N–H and O–H groups in total. The zero-order valence-electron chi connectivity index (χ0n) is 9.90. The molecule has 0 unspecified atom stereocenters. The molecule has 0 aliphatic heterocycles. The minimum absolute atomic E-state index is 0.0217. The summed E-state index contributed by atoms with van der Waals surface area (Å²) in [7, 11) is 0. The van der Waals surface area contributed by atoms with Gasteiger partial charge < -0.3 is 0 Å². The van der Waals surface area contributed by atoms with E-state index in [-0.39, 0.29) is 15.9 Å². The van der Waals surface area contributed by atoms with E-state index in [9.17, 15) is 13.2 Å². The van der Waals surface area contributed by atoms with Crippen molar-refractivity contribution in [1.29, 1.82) is 0 Å². The van der Waals surface area contributed by atoms with Gasteiger partial charge in [0.15, 0.2) is 17.5 Å². The second-order valence-corrected chi connectivity index (χ2v) is 4.98. The van der Waals surface area contributed by atoms with Gasteiger partial charge in [-0.1, -0.05) is 25.4 Å². The molecule has 0 amide bonds. The van der Waals surface area contributed by atoms with Gasteiger partial charge in [0.05, 0.1) is 10.4 Å². The number of halogens is 4. The number of hydrogen-bond donors (Lipinski definition) is 0. The number of pyridine rings is 1. The molecule has 96 valence electrons. The van der Waals surface area contributed by atoms with Crippen LogP contribution in [0.3, 0.4) is 0 Å². The van der Waals surface area contributed by atoms with Gasteiger partial charge in [-0.2, -0.15) is 0 Å². The summed E-state index contributed by atoms with van der Waals surface area (Å²) in [6.07, 6.45) is 0.591. The molecule has 0 atom stereocenters. The van der Waals surface area contributed by atoms with E-state index >= 15 is 0 Å². The summed E-state index contributed by atoms with van der Waals surface area (Å²) in [5, 5.41) is -0.326. The third kappa shape index (κ3) is 2.29. The zero-order valence-corrected chi connectivity index (χ0v) is 10.7. The maximum Gasteiger partial charge on any atom is 0.169 e. The topological polar surface area (TPSA) is 12.9 Å². The first-order chi connectivity index (χ1) is 8.40. The van der Waals surface area contributed by atoms with E-state index in [1.54, 1.807) is 0 Å². The maximum atomic E-state index is 13.6. The Morgan fingerprint density at radius 2 is 1.83 bits per heavy atom. The fourth-order valence-electron chi connectivity index (χ4n) is 1.83. The number of benzene rings is 1. The van der Waals surface area contributed by atoms with Gasteiger partial charge in [-0.05, 0) is 18.4 Å². The van der Waals surface area contributed by atoms with Gasteiger partial charge in [0.25, 0.3) is 0 Å². The number of aromatic nitrogens is 1. The molecule has 2 rings (SSSR count). The normalized spacial score (nSPS) is 11.5. The molecule has 1 aromatic heterocycles. The molecule has 1 heterocycles. The van der Waals surface area contributed by atoms with Crippen molar-refractivity contribution in [3.05, 3.63) is 40.3 Å². The Hall–Kier alpha value is -1.29. The van der Waals surface area contributed by atoms with E-state index in [0.717, 1.165) is 0 Å². The third-order valence-corrected chi connectivity index (χ3v) is 2.85. The quantitative estimate of drug-likeness (QED) is 0.734. The highest BCUT2D eigenvalue weighted by molar-refractivity contribution is 6.35. The van der Waals surface area contributed by atoms with Crippen LogP contribution in [-0.2, 0) is 6.42 Å². The number of nitrogens with zero attached hydrogens (tertiary/aromatic N) is 1. The van der Waals surface area contributed by atoms with Gasteiger partial charge in [0.2, 0.25) is 0 Å². The molecule has 1 aromatic carbocycles. The van der Waals surface area contributed by atoms with Crippen LogP contribution >= 0.6 is 11.6 Å². The first kappa shape index (κ1) is 13.1. The van der Waals surface area contributed by atoms with Crippen molar-refractivity contribution in [3.8, 4) is 0 Å². The molecule has 0 saturated heterocycles. The fourth-order valence-corrected chi connectivity index (χ4v) is 2.13. The highest BCUT2D eigenvalue weighted by Gasteiger charge is 2.17. The van der Waals surface area contributed by atoms with Gasteiger partial charge in [-0.3, -0.25) is 0 Å². The average Bonchev–Trinajstić information content (AvgIpc) is 2.24. The van der Waals surface area contributed by atoms with Crippen LogP contribution in [-0.4, -0.2) is 4.98 Å². The van der Waals surface area contributed by atoms with E-state index in [1.165, 1.54) is 6.07 Å². The lowest BCUT2D eigenvalue weighted by atomic mass is 10.1. The smallest absolute Gasteiger partial charge is 0.169 e. The molecule has 1 nitrogen and oxygen atoms in total. The van der Waals surface area contributed by atoms with Crippen molar-refractivity contribution in [3.63, 3.8) is 0 Å². The Morgan fingerprint density at radius 1 is 1.17 bits per heavy atom. The predicted octanol–water partition coefficient (Wildman–Crippen LogP) is 4.50. The van der Waals surface area contributed by atoms with Gasteiger partial charge >= 0.3 is 0 Å². The molecule has 0 radical (unpaired) electrons. The molecule has 5 heteroatoms. The molecule has 0 spiro atoms. The lowest BCUT2D eigenvalue weighted by molar-refractivity contribution is 0.505. The highest BCUT2D eigenvalue weighted by Crippen LogP contribution is 2.29. The standard InChI is InChI=1S/C13H11ClF3N/c1-6(2)3-7-4-8(14)11-12(17)9(15)5-10(16)13(11)18-7/h4-6H,3H2,1-2H3. The summed E-state index contributed by atoms with van der Waals surface area (Å²) >= 11 is 5.88. The van der Waals surface area contributed by atoms with Crippen molar-refractivity contribution in [2.24, 2.45) is 5.92 Å². The molecule has 18 heavy (non-hydrogen) atoms. The molecule has 2 aromatic rings. The lowest BCUT2D eigenvalue weighted by Gasteiger charge is -2.09. The Morgan fingerprint density at radius 3 is 2.44 bits per heavy atom. The van der Waals surface area contributed by atoms with Crippen molar-refractivity contribution in [2.45, 2.75) is 20.3 Å². The maximum absolute atomic E-state index is 13.6. The Bertz CT molecular complexity index is 611. The van der Waals surface area contributed by atoms with E-state index < -0.39 is 17.5 Å². The average molecular weight is 274 g/mol. The zero-order chi connectivity index (χ0) is 13.4. The van der Waals surface area contributed by atoms with Crippen LogP contribution in [0.4, 0.5) is 13.2 Å². The van der Waals surface area contributed by atoms with E-state index in [0.29, 0.717) is 24.1 Å². The van der Waals surface area contributed by atoms with Crippen LogP contribution < -0.4 is 0 Å². The largest absolute Gasteiger partial charge is 0.250 e. The van der Waals surface area contributed by atoms with Crippen LogP contribution in [0.15, 0.2) is 12.1 Å². The molecular weight excluding hydrogens is 263 g/mol. The van der Waals surface area contributed by atoms with Crippen molar-refractivity contribution >= 4 is 22.5 Å². The van der Waals surface area contributed by atoms with Gasteiger partial charge in [0, 0.05) is 11.8 Å². The molecule has 0 aliphatic rings. The van der Waals surface area contributed by atoms with Gasteiger partial charge in [0.1, 0.15) is 5.52 Å². The van der Waals surface area contributed by atoms with Crippen molar-refractivity contribution in [1.82, 2.24) is 4.98 Å². The van der Waals surface area contributed by atoms with Crippen molar-refractivity contribution < 1.29 is 13.2 Å². The summed E-state index contributed by atoms with van der Waals surface area (Å²) in [6.45, 7) is 3.95. The van der Waals surface area contributed by atoms with Crippen LogP contribution in [0.5, 0.6) is 0 Å². The van der Waals surface area contributed by atoms with Crippen LogP contribution in [0.25, 0.3) is 10.9 Å². The van der Waals surface area contributed by atoms with Crippen LogP contribution in [0, 0.1) is 23.4 Å². The number of fused-ring (bicyclic) bond motifs is 1. The lowest BCUT2D eigenvalue weighted by Crippen LogP contribution is -2.01. The van der Waals surface area contributed by atoms with Gasteiger partial charge in [-0.25, -0.2) is 18.2 Å². The SMILES string of the molecule is CC(C)Cc1cc(Cl)c2c(F)c(F)cc(F)c2n1. The highest BCUT2D eigenvalue weighted by atomic mass is 35.5. The van der Waals surface area contributed by atoms with E-state index in [2.05, 4.69) is 4.98 Å². The minimum Gasteiger partial charge on any atom is -0.250 e. The molecule has 0 fully saturated rings. The number of hydrogen-bond acceptors (Lipinski definition) is 1. The Kier molecular flexibility index (Phi) is 3.48. The third-order valence-electron chi connectivity index (χ3n) is 2.55. The monoisotopic (exact) mass is 273 g/mol. The second-order valence-electron chi connectivity index (χ2n) is 4.57. The van der Waals surface area contributed by atoms with E-state index in [4.69, 9.17) is 11.6 Å². The fraction of sp³-hybridized carbons (Fsp3) is 0.308. The summed E-state index contributed by atoms with van der Waals surface area (Å²) in [6, 6.07) is 1.94. The molecule has 0 bridgehead atoms. The van der Waals surface area contributed by atoms with Gasteiger partial charge in [-0.15, -0.1) is 0 Å². The van der Waals surface area contributed by atoms with Crippen molar-refractivity contribution in [2.75, 3.05) is 0 Å². The second kappa shape index (κ2) is 4.76.